The van der Waals surface area contributed by atoms with E-state index in [9.17, 15) is 4.79 Å². The summed E-state index contributed by atoms with van der Waals surface area (Å²) in [6, 6.07) is 30.6. The van der Waals surface area contributed by atoms with Crippen molar-refractivity contribution in [3.05, 3.63) is 114 Å². The number of nitrogens with zero attached hydrogens (tertiary/aromatic N) is 1. The third-order valence-electron chi connectivity index (χ3n) is 5.33. The lowest BCUT2D eigenvalue weighted by atomic mass is 9.76. The molecule has 3 aromatic rings. The Bertz CT molecular complexity index is 861. The topological polar surface area (TPSA) is 20.3 Å². The van der Waals surface area contributed by atoms with Gasteiger partial charge in [-0.05, 0) is 23.5 Å². The van der Waals surface area contributed by atoms with Crippen molar-refractivity contribution in [3.63, 3.8) is 0 Å². The van der Waals surface area contributed by atoms with Gasteiger partial charge in [0.1, 0.15) is 0 Å². The largest absolute Gasteiger partial charge is 0.298 e. The molecular weight excluding hydrogens is 330 g/mol. The van der Waals surface area contributed by atoms with Crippen molar-refractivity contribution in [2.45, 2.75) is 12.5 Å². The molecule has 1 aliphatic heterocycles. The van der Waals surface area contributed by atoms with E-state index in [1.807, 2.05) is 42.5 Å². The first-order valence-corrected chi connectivity index (χ1v) is 9.55. The molecule has 0 aromatic heterocycles. The summed E-state index contributed by atoms with van der Waals surface area (Å²) >= 11 is 0. The molecule has 4 rings (SSSR count). The Labute approximate surface area is 161 Å². The number of hydrogen-bond donors (Lipinski definition) is 0. The van der Waals surface area contributed by atoms with Crippen molar-refractivity contribution >= 4 is 5.78 Å². The second kappa shape index (κ2) is 8.32. The lowest BCUT2D eigenvalue weighted by Crippen LogP contribution is -2.43. The maximum atomic E-state index is 13.3. The van der Waals surface area contributed by atoms with E-state index >= 15 is 0 Å². The minimum Gasteiger partial charge on any atom is -0.298 e. The SMILES string of the molecule is O=C(c1ccccc1)[C@H]1CN(Cc2ccccc2)C[CH][C@@H]1c1ccccc1. The molecule has 0 bridgehead atoms. The van der Waals surface area contributed by atoms with Crippen LogP contribution in [0.1, 0.15) is 27.4 Å². The monoisotopic (exact) mass is 354 g/mol. The molecule has 135 valence electrons. The molecule has 0 amide bonds. The van der Waals surface area contributed by atoms with Gasteiger partial charge in [0.25, 0.3) is 0 Å². The number of carbonyl (C=O) groups excluding carboxylic acids is 1. The predicted octanol–water partition coefficient (Wildman–Crippen LogP) is 4.99. The Hall–Kier alpha value is -2.71. The fourth-order valence-corrected chi connectivity index (χ4v) is 3.97. The number of ketones is 1. The lowest BCUT2D eigenvalue weighted by molar-refractivity contribution is 0.0822. The molecule has 1 saturated heterocycles. The zero-order valence-electron chi connectivity index (χ0n) is 15.4. The van der Waals surface area contributed by atoms with E-state index in [0.29, 0.717) is 0 Å². The molecular formula is C25H24NO. The van der Waals surface area contributed by atoms with Crippen LogP contribution in [0.15, 0.2) is 91.0 Å². The van der Waals surface area contributed by atoms with Crippen LogP contribution in [0, 0.1) is 12.3 Å². The first kappa shape index (κ1) is 17.7. The number of carbonyl (C=O) groups is 1. The minimum atomic E-state index is -0.0627. The zero-order chi connectivity index (χ0) is 18.5. The molecule has 27 heavy (non-hydrogen) atoms. The van der Waals surface area contributed by atoms with Crippen LogP contribution in [0.5, 0.6) is 0 Å². The molecule has 1 aliphatic rings. The summed E-state index contributed by atoms with van der Waals surface area (Å²) in [6.07, 6.45) is 2.31. The highest BCUT2D eigenvalue weighted by molar-refractivity contribution is 5.98. The maximum Gasteiger partial charge on any atom is 0.167 e. The zero-order valence-corrected chi connectivity index (χ0v) is 15.4. The van der Waals surface area contributed by atoms with E-state index in [0.717, 1.165) is 25.2 Å². The highest BCUT2D eigenvalue weighted by Crippen LogP contribution is 2.35. The van der Waals surface area contributed by atoms with Crippen LogP contribution in [0.4, 0.5) is 0 Å². The molecule has 2 heteroatoms. The molecule has 0 unspecified atom stereocenters. The van der Waals surface area contributed by atoms with Crippen LogP contribution in [0.25, 0.3) is 0 Å². The minimum absolute atomic E-state index is 0.0627. The van der Waals surface area contributed by atoms with Gasteiger partial charge in [0.2, 0.25) is 0 Å². The number of hydrogen-bond acceptors (Lipinski definition) is 2. The third-order valence-corrected chi connectivity index (χ3v) is 5.33. The van der Waals surface area contributed by atoms with Gasteiger partial charge in [-0.3, -0.25) is 9.69 Å². The van der Waals surface area contributed by atoms with Gasteiger partial charge in [-0.25, -0.2) is 0 Å². The summed E-state index contributed by atoms with van der Waals surface area (Å²) in [5.41, 5.74) is 3.32. The van der Waals surface area contributed by atoms with Gasteiger partial charge in [-0.2, -0.15) is 0 Å². The summed E-state index contributed by atoms with van der Waals surface area (Å²) in [7, 11) is 0. The summed E-state index contributed by atoms with van der Waals surface area (Å²) in [6.45, 7) is 2.54. The van der Waals surface area contributed by atoms with Crippen molar-refractivity contribution in [3.8, 4) is 0 Å². The Morgan fingerprint density at radius 1 is 0.815 bits per heavy atom. The van der Waals surface area contributed by atoms with Crippen molar-refractivity contribution in [2.24, 2.45) is 5.92 Å². The molecule has 1 heterocycles. The molecule has 1 fully saturated rings. The quantitative estimate of drug-likeness (QED) is 0.602. The fraction of sp³-hybridized carbons (Fsp3) is 0.200. The second-order valence-corrected chi connectivity index (χ2v) is 7.19. The van der Waals surface area contributed by atoms with Crippen molar-refractivity contribution in [1.29, 1.82) is 0 Å². The maximum absolute atomic E-state index is 13.3. The van der Waals surface area contributed by atoms with Crippen LogP contribution < -0.4 is 0 Å². The third kappa shape index (κ3) is 4.17. The Morgan fingerprint density at radius 2 is 1.41 bits per heavy atom. The molecule has 0 N–H and O–H groups in total. The Morgan fingerprint density at radius 3 is 2.07 bits per heavy atom. The second-order valence-electron chi connectivity index (χ2n) is 7.19. The number of benzene rings is 3. The molecule has 3 aromatic carbocycles. The molecule has 0 spiro atoms. The first-order chi connectivity index (χ1) is 13.3. The van der Waals surface area contributed by atoms with Crippen molar-refractivity contribution in [2.75, 3.05) is 13.1 Å². The number of piperidine rings is 1. The summed E-state index contributed by atoms with van der Waals surface area (Å²) in [5, 5.41) is 0. The van der Waals surface area contributed by atoms with Crippen LogP contribution in [-0.4, -0.2) is 23.8 Å². The number of likely N-dealkylation sites (tertiary alicyclic amines) is 1. The van der Waals surface area contributed by atoms with Gasteiger partial charge in [0.15, 0.2) is 5.78 Å². The highest BCUT2D eigenvalue weighted by atomic mass is 16.1. The van der Waals surface area contributed by atoms with Gasteiger partial charge in [0.05, 0.1) is 0 Å². The smallest absolute Gasteiger partial charge is 0.167 e. The Kier molecular flexibility index (Phi) is 5.45. The van der Waals surface area contributed by atoms with Gasteiger partial charge >= 0.3 is 0 Å². The first-order valence-electron chi connectivity index (χ1n) is 9.55. The molecule has 1 radical (unpaired) electrons. The lowest BCUT2D eigenvalue weighted by Gasteiger charge is -2.38. The predicted molar refractivity (Wildman–Crippen MR) is 109 cm³/mol. The van der Waals surface area contributed by atoms with Gasteiger partial charge in [-0.1, -0.05) is 91.0 Å². The van der Waals surface area contributed by atoms with Gasteiger partial charge in [-0.15, -0.1) is 0 Å². The normalized spacial score (nSPS) is 20.3. The van der Waals surface area contributed by atoms with Gasteiger partial charge in [0, 0.05) is 31.1 Å². The van der Waals surface area contributed by atoms with Crippen LogP contribution in [0.3, 0.4) is 0 Å². The van der Waals surface area contributed by atoms with Crippen LogP contribution in [0.2, 0.25) is 0 Å². The van der Waals surface area contributed by atoms with Crippen molar-refractivity contribution in [1.82, 2.24) is 4.90 Å². The van der Waals surface area contributed by atoms with E-state index in [2.05, 4.69) is 59.9 Å². The summed E-state index contributed by atoms with van der Waals surface area (Å²) in [5.74, 6) is 0.330. The van der Waals surface area contributed by atoms with E-state index in [-0.39, 0.29) is 17.6 Å². The standard InChI is InChI=1S/C25H24NO/c27-25(22-14-8-3-9-15-22)24-19-26(18-20-10-4-1-5-11-20)17-16-23(24)21-12-6-2-7-13-21/h1-16,23-24H,17-19H2/t23-,24+/m1/s1. The highest BCUT2D eigenvalue weighted by Gasteiger charge is 2.35. The van der Waals surface area contributed by atoms with E-state index in [4.69, 9.17) is 0 Å². The average molecular weight is 354 g/mol. The molecule has 2 nitrogen and oxygen atoms in total. The molecule has 0 aliphatic carbocycles. The van der Waals surface area contributed by atoms with Crippen LogP contribution >= 0.6 is 0 Å². The number of Topliss-reactive ketones (excluding diaryl/α,β-unsaturated/α-hetero) is 1. The van der Waals surface area contributed by atoms with Crippen LogP contribution in [-0.2, 0) is 6.54 Å². The van der Waals surface area contributed by atoms with Crippen molar-refractivity contribution < 1.29 is 4.79 Å². The van der Waals surface area contributed by atoms with E-state index < -0.39 is 0 Å². The Balaban J connectivity index is 1.59. The van der Waals surface area contributed by atoms with Gasteiger partial charge < -0.3 is 0 Å². The summed E-state index contributed by atoms with van der Waals surface area (Å²) < 4.78 is 0. The molecule has 2 atom stereocenters. The molecule has 0 saturated carbocycles. The van der Waals surface area contributed by atoms with E-state index in [1.165, 1.54) is 11.1 Å². The fourth-order valence-electron chi connectivity index (χ4n) is 3.97. The number of rotatable bonds is 5. The summed E-state index contributed by atoms with van der Waals surface area (Å²) in [4.78, 5) is 15.7. The average Bonchev–Trinajstić information content (AvgIpc) is 2.75. The van der Waals surface area contributed by atoms with E-state index in [1.54, 1.807) is 0 Å².